The zero-order valence-electron chi connectivity index (χ0n) is 11.5. The van der Waals surface area contributed by atoms with E-state index in [4.69, 9.17) is 4.74 Å². The van der Waals surface area contributed by atoms with Crippen LogP contribution in [-0.2, 0) is 20.9 Å². The first-order valence-electron chi connectivity index (χ1n) is 6.48. The second kappa shape index (κ2) is 6.46. The molecule has 0 aromatic heterocycles. The summed E-state index contributed by atoms with van der Waals surface area (Å²) in [6.07, 6.45) is -2.28. The van der Waals surface area contributed by atoms with E-state index in [1.54, 1.807) is 24.3 Å². The van der Waals surface area contributed by atoms with Crippen LogP contribution in [0.2, 0.25) is 0 Å². The number of halogens is 2. The van der Waals surface area contributed by atoms with E-state index >= 15 is 0 Å². The first kappa shape index (κ1) is 15.8. The van der Waals surface area contributed by atoms with Crippen molar-refractivity contribution in [3.8, 4) is 0 Å². The average Bonchev–Trinajstić information content (AvgIpc) is 2.81. The Kier molecular flexibility index (Phi) is 4.87. The number of rotatable bonds is 5. The minimum Gasteiger partial charge on any atom is -0.468 e. The number of aliphatic hydroxyl groups excluding tert-OH is 1. The molecule has 1 aliphatic heterocycles. The Morgan fingerprint density at radius 2 is 2.14 bits per heavy atom. The molecule has 116 valence electrons. The van der Waals surface area contributed by atoms with Crippen molar-refractivity contribution in [2.75, 3.05) is 13.7 Å². The standard InChI is InChI=1S/C14H17F2NO4/c1-20-12(18)11-7-14(15,16)9-17(11)13(19)21-8-10-5-3-2-4-6-10/h2-6,11,13,19H,7-9H2,1H3. The molecule has 2 atom stereocenters. The van der Waals surface area contributed by atoms with Gasteiger partial charge in [0.25, 0.3) is 5.92 Å². The Balaban J connectivity index is 1.99. The lowest BCUT2D eigenvalue weighted by Crippen LogP contribution is -2.45. The van der Waals surface area contributed by atoms with Crippen molar-refractivity contribution in [3.63, 3.8) is 0 Å². The molecule has 0 spiro atoms. The number of aliphatic hydroxyl groups is 1. The van der Waals surface area contributed by atoms with Gasteiger partial charge in [-0.25, -0.2) is 13.7 Å². The van der Waals surface area contributed by atoms with E-state index in [0.29, 0.717) is 0 Å². The molecular formula is C14H17F2NO4. The van der Waals surface area contributed by atoms with Crippen molar-refractivity contribution < 1.29 is 28.2 Å². The zero-order valence-corrected chi connectivity index (χ0v) is 11.5. The summed E-state index contributed by atoms with van der Waals surface area (Å²) in [4.78, 5) is 12.4. The highest BCUT2D eigenvalue weighted by Gasteiger charge is 2.51. The highest BCUT2D eigenvalue weighted by Crippen LogP contribution is 2.33. The van der Waals surface area contributed by atoms with Gasteiger partial charge in [0, 0.05) is 6.42 Å². The summed E-state index contributed by atoms with van der Waals surface area (Å²) in [5.41, 5.74) is 0.789. The van der Waals surface area contributed by atoms with Gasteiger partial charge in [-0.2, -0.15) is 0 Å². The molecule has 0 amide bonds. The van der Waals surface area contributed by atoms with Gasteiger partial charge < -0.3 is 14.6 Å². The maximum absolute atomic E-state index is 13.4. The molecule has 1 aromatic rings. The Labute approximate surface area is 121 Å². The number of hydrogen-bond donors (Lipinski definition) is 1. The van der Waals surface area contributed by atoms with Crippen molar-refractivity contribution in [1.82, 2.24) is 4.90 Å². The molecule has 1 aromatic carbocycles. The number of nitrogens with zero attached hydrogens (tertiary/aromatic N) is 1. The monoisotopic (exact) mass is 301 g/mol. The molecule has 1 aliphatic rings. The van der Waals surface area contributed by atoms with Crippen molar-refractivity contribution in [2.45, 2.75) is 31.4 Å². The van der Waals surface area contributed by atoms with Crippen molar-refractivity contribution in [1.29, 1.82) is 0 Å². The minimum absolute atomic E-state index is 0.0535. The predicted molar refractivity (Wildman–Crippen MR) is 69.3 cm³/mol. The maximum Gasteiger partial charge on any atom is 0.323 e. The summed E-state index contributed by atoms with van der Waals surface area (Å²) in [6, 6.07) is 7.77. The molecule has 7 heteroatoms. The van der Waals surface area contributed by atoms with Crippen LogP contribution in [-0.4, -0.2) is 48.0 Å². The summed E-state index contributed by atoms with van der Waals surface area (Å²) in [7, 11) is 1.12. The first-order valence-corrected chi connectivity index (χ1v) is 6.48. The molecular weight excluding hydrogens is 284 g/mol. The van der Waals surface area contributed by atoms with Crippen LogP contribution in [0.3, 0.4) is 0 Å². The maximum atomic E-state index is 13.4. The van der Waals surface area contributed by atoms with E-state index in [0.717, 1.165) is 17.6 Å². The van der Waals surface area contributed by atoms with Crippen LogP contribution in [0.1, 0.15) is 12.0 Å². The normalized spacial score (nSPS) is 23.0. The predicted octanol–water partition coefficient (Wildman–Crippen LogP) is 1.36. The smallest absolute Gasteiger partial charge is 0.323 e. The van der Waals surface area contributed by atoms with E-state index in [1.165, 1.54) is 0 Å². The largest absolute Gasteiger partial charge is 0.468 e. The fourth-order valence-electron chi connectivity index (χ4n) is 2.27. The van der Waals surface area contributed by atoms with E-state index in [-0.39, 0.29) is 6.61 Å². The molecule has 21 heavy (non-hydrogen) atoms. The summed E-state index contributed by atoms with van der Waals surface area (Å²) >= 11 is 0. The lowest BCUT2D eigenvalue weighted by molar-refractivity contribution is -0.212. The first-order chi connectivity index (χ1) is 9.93. The molecule has 1 saturated heterocycles. The molecule has 5 nitrogen and oxygen atoms in total. The number of carbonyl (C=O) groups is 1. The van der Waals surface area contributed by atoms with Crippen LogP contribution in [0.4, 0.5) is 8.78 Å². The molecule has 1 fully saturated rings. The third-order valence-corrected chi connectivity index (χ3v) is 3.31. The number of ether oxygens (including phenoxy) is 2. The van der Waals surface area contributed by atoms with Crippen LogP contribution in [0.25, 0.3) is 0 Å². The highest BCUT2D eigenvalue weighted by molar-refractivity contribution is 5.76. The summed E-state index contributed by atoms with van der Waals surface area (Å²) in [6.45, 7) is -0.694. The number of alkyl halides is 2. The van der Waals surface area contributed by atoms with E-state index < -0.39 is 37.3 Å². The van der Waals surface area contributed by atoms with Gasteiger partial charge >= 0.3 is 5.97 Å². The highest BCUT2D eigenvalue weighted by atomic mass is 19.3. The van der Waals surface area contributed by atoms with Crippen LogP contribution in [0.5, 0.6) is 0 Å². The van der Waals surface area contributed by atoms with Gasteiger partial charge in [0.1, 0.15) is 6.04 Å². The lowest BCUT2D eigenvalue weighted by atomic mass is 10.2. The number of benzene rings is 1. The van der Waals surface area contributed by atoms with Crippen molar-refractivity contribution in [2.24, 2.45) is 0 Å². The molecule has 2 rings (SSSR count). The Morgan fingerprint density at radius 1 is 1.48 bits per heavy atom. The second-order valence-electron chi connectivity index (χ2n) is 4.89. The van der Waals surface area contributed by atoms with Crippen molar-refractivity contribution in [3.05, 3.63) is 35.9 Å². The topological polar surface area (TPSA) is 59.0 Å². The third kappa shape index (κ3) is 3.96. The number of esters is 1. The average molecular weight is 301 g/mol. The number of carbonyl (C=O) groups excluding carboxylic acids is 1. The van der Waals surface area contributed by atoms with Gasteiger partial charge in [0.05, 0.1) is 20.3 Å². The zero-order chi connectivity index (χ0) is 15.5. The van der Waals surface area contributed by atoms with Gasteiger partial charge in [-0.15, -0.1) is 0 Å². The number of methoxy groups -OCH3 is 1. The molecule has 1 heterocycles. The van der Waals surface area contributed by atoms with Gasteiger partial charge in [0.2, 0.25) is 6.41 Å². The SMILES string of the molecule is COC(=O)C1CC(F)(F)CN1C(O)OCc1ccccc1. The summed E-state index contributed by atoms with van der Waals surface area (Å²) in [5.74, 6) is -3.87. The van der Waals surface area contributed by atoms with Crippen LogP contribution < -0.4 is 0 Å². The van der Waals surface area contributed by atoms with Crippen LogP contribution in [0, 0.1) is 0 Å². The van der Waals surface area contributed by atoms with Gasteiger partial charge in [-0.1, -0.05) is 30.3 Å². The fraction of sp³-hybridized carbons (Fsp3) is 0.500. The van der Waals surface area contributed by atoms with Crippen LogP contribution in [0.15, 0.2) is 30.3 Å². The molecule has 0 aliphatic carbocycles. The molecule has 1 N–H and O–H groups in total. The van der Waals surface area contributed by atoms with Crippen molar-refractivity contribution >= 4 is 5.97 Å². The van der Waals surface area contributed by atoms with E-state index in [9.17, 15) is 18.7 Å². The number of likely N-dealkylation sites (tertiary alicyclic amines) is 1. The fourth-order valence-corrected chi connectivity index (χ4v) is 2.27. The van der Waals surface area contributed by atoms with Gasteiger partial charge in [0.15, 0.2) is 0 Å². The quantitative estimate of drug-likeness (QED) is 0.657. The minimum atomic E-state index is -3.06. The van der Waals surface area contributed by atoms with E-state index in [2.05, 4.69) is 4.74 Å². The Bertz CT molecular complexity index is 483. The molecule has 0 saturated carbocycles. The van der Waals surface area contributed by atoms with Crippen LogP contribution >= 0.6 is 0 Å². The molecule has 0 radical (unpaired) electrons. The van der Waals surface area contributed by atoms with Gasteiger partial charge in [-0.3, -0.25) is 4.79 Å². The summed E-state index contributed by atoms with van der Waals surface area (Å²) in [5, 5.41) is 9.92. The second-order valence-corrected chi connectivity index (χ2v) is 4.89. The molecule has 2 unspecified atom stereocenters. The summed E-state index contributed by atoms with van der Waals surface area (Å²) < 4.78 is 36.6. The molecule has 0 bridgehead atoms. The van der Waals surface area contributed by atoms with E-state index in [1.807, 2.05) is 6.07 Å². The Morgan fingerprint density at radius 3 is 2.76 bits per heavy atom. The lowest BCUT2D eigenvalue weighted by Gasteiger charge is -2.26. The van der Waals surface area contributed by atoms with Gasteiger partial charge in [-0.05, 0) is 5.56 Å². The number of hydrogen-bond acceptors (Lipinski definition) is 5. The Hall–Kier alpha value is -1.57. The third-order valence-electron chi connectivity index (χ3n) is 3.31.